The molecule has 0 atom stereocenters. The Morgan fingerprint density at radius 2 is 1.92 bits per heavy atom. The van der Waals surface area contributed by atoms with Crippen molar-refractivity contribution in [2.24, 2.45) is 0 Å². The third-order valence-electron chi connectivity index (χ3n) is 3.45. The van der Waals surface area contributed by atoms with Crippen LogP contribution in [-0.4, -0.2) is 27.5 Å². The summed E-state index contributed by atoms with van der Waals surface area (Å²) in [6, 6.07) is 8.76. The Morgan fingerprint density at radius 1 is 1.21 bits per heavy atom. The van der Waals surface area contributed by atoms with E-state index in [1.165, 1.54) is 0 Å². The number of anilines is 1. The number of pyridine rings is 1. The molecule has 2 heterocycles. The second-order valence-electron chi connectivity index (χ2n) is 4.97. The third-order valence-corrected chi connectivity index (χ3v) is 3.45. The zero-order chi connectivity index (χ0) is 17.3. The van der Waals surface area contributed by atoms with E-state index < -0.39 is 17.2 Å². The minimum absolute atomic E-state index is 0.00639. The number of hydrogen-bond acceptors (Lipinski definition) is 6. The Bertz CT molecular complexity index is 1040. The number of carbonyl (C=O) groups excluding carboxylic acids is 1. The summed E-state index contributed by atoms with van der Waals surface area (Å²) in [5, 5.41) is 0.0676. The highest BCUT2D eigenvalue weighted by Crippen LogP contribution is 2.32. The summed E-state index contributed by atoms with van der Waals surface area (Å²) in [6.45, 7) is 1.81. The number of nitrogens with zero attached hydrogens (tertiary/aromatic N) is 1. The van der Waals surface area contributed by atoms with Crippen LogP contribution in [0.2, 0.25) is 0 Å². The molecule has 0 aliphatic rings. The minimum Gasteiger partial charge on any atom is -0.462 e. The summed E-state index contributed by atoms with van der Waals surface area (Å²) in [7, 11) is 0. The molecule has 0 spiro atoms. The predicted octanol–water partition coefficient (Wildman–Crippen LogP) is 1.04. The van der Waals surface area contributed by atoms with E-state index in [-0.39, 0.29) is 34.6 Å². The van der Waals surface area contributed by atoms with Gasteiger partial charge in [0, 0.05) is 5.56 Å². The molecule has 2 aromatic heterocycles. The molecule has 0 saturated carbocycles. The van der Waals surface area contributed by atoms with E-state index in [0.717, 1.165) is 0 Å². The molecule has 3 rings (SSSR count). The number of ether oxygens (including phenoxy) is 1. The van der Waals surface area contributed by atoms with Crippen LogP contribution in [-0.2, 0) is 4.74 Å². The van der Waals surface area contributed by atoms with Crippen LogP contribution >= 0.6 is 0 Å². The molecule has 8 nitrogen and oxygen atoms in total. The van der Waals surface area contributed by atoms with E-state index >= 15 is 0 Å². The summed E-state index contributed by atoms with van der Waals surface area (Å²) in [5.74, 6) is -0.810. The second kappa shape index (κ2) is 5.99. The molecule has 0 bridgehead atoms. The van der Waals surface area contributed by atoms with Gasteiger partial charge in [0.05, 0.1) is 12.0 Å². The number of fused-ring (bicyclic) bond motifs is 1. The highest BCUT2D eigenvalue weighted by atomic mass is 16.5. The van der Waals surface area contributed by atoms with Crippen LogP contribution in [0.15, 0.2) is 39.9 Å². The quantitative estimate of drug-likeness (QED) is 0.616. The zero-order valence-electron chi connectivity index (χ0n) is 12.8. The highest BCUT2D eigenvalue weighted by Gasteiger charge is 2.24. The molecule has 0 radical (unpaired) electrons. The lowest BCUT2D eigenvalue weighted by Crippen LogP contribution is -2.24. The number of aromatic amines is 2. The average molecular weight is 326 g/mol. The molecule has 1 aromatic carbocycles. The molecule has 24 heavy (non-hydrogen) atoms. The molecule has 4 N–H and O–H groups in total. The van der Waals surface area contributed by atoms with Crippen LogP contribution in [0.4, 0.5) is 5.82 Å². The van der Waals surface area contributed by atoms with Gasteiger partial charge in [0.1, 0.15) is 17.0 Å². The fourth-order valence-electron chi connectivity index (χ4n) is 2.52. The molecule has 8 heteroatoms. The Kier molecular flexibility index (Phi) is 3.87. The van der Waals surface area contributed by atoms with Crippen LogP contribution in [0, 0.1) is 0 Å². The number of nitrogens with one attached hydrogen (secondary N) is 2. The maximum absolute atomic E-state index is 12.4. The number of benzene rings is 1. The van der Waals surface area contributed by atoms with Crippen molar-refractivity contribution < 1.29 is 9.53 Å². The van der Waals surface area contributed by atoms with E-state index in [1.54, 1.807) is 37.3 Å². The fraction of sp³-hybridized carbons (Fsp3) is 0.125. The Hall–Kier alpha value is -3.42. The van der Waals surface area contributed by atoms with Gasteiger partial charge in [-0.2, -0.15) is 0 Å². The van der Waals surface area contributed by atoms with Crippen LogP contribution in [0.5, 0.6) is 0 Å². The number of hydrogen-bond donors (Lipinski definition) is 3. The number of nitrogens with two attached hydrogens (primary N) is 1. The lowest BCUT2D eigenvalue weighted by molar-refractivity contribution is 0.0528. The zero-order valence-corrected chi connectivity index (χ0v) is 12.8. The van der Waals surface area contributed by atoms with Gasteiger partial charge in [-0.15, -0.1) is 0 Å². The van der Waals surface area contributed by atoms with Gasteiger partial charge in [0.25, 0.3) is 5.56 Å². The monoisotopic (exact) mass is 326 g/mol. The number of aromatic nitrogens is 3. The highest BCUT2D eigenvalue weighted by molar-refractivity contribution is 6.09. The molecular formula is C16H14N4O4. The standard InChI is InChI=1S/C16H14N4O4/c1-2-24-15(22)10-9(8-6-4-3-5-7-8)11-13(18-12(10)17)19-16(23)20-14(11)21/h3-7H,2H2,1H3,(H4,17,18,19,20,21,23). The lowest BCUT2D eigenvalue weighted by Gasteiger charge is -2.13. The molecular weight excluding hydrogens is 312 g/mol. The predicted molar refractivity (Wildman–Crippen MR) is 88.8 cm³/mol. The van der Waals surface area contributed by atoms with Gasteiger partial charge < -0.3 is 10.5 Å². The maximum atomic E-state index is 12.4. The number of esters is 1. The lowest BCUT2D eigenvalue weighted by atomic mass is 9.97. The summed E-state index contributed by atoms with van der Waals surface area (Å²) in [6.07, 6.45) is 0. The Balaban J connectivity index is 2.51. The molecule has 122 valence electrons. The second-order valence-corrected chi connectivity index (χ2v) is 4.97. The Labute approximate surface area is 135 Å². The van der Waals surface area contributed by atoms with Gasteiger partial charge in [-0.25, -0.2) is 14.6 Å². The van der Waals surface area contributed by atoms with Crippen molar-refractivity contribution in [2.45, 2.75) is 6.92 Å². The van der Waals surface area contributed by atoms with E-state index in [9.17, 15) is 14.4 Å². The SMILES string of the molecule is CCOC(=O)c1c(N)nc2[nH]c(=O)[nH]c(=O)c2c1-c1ccccc1. The van der Waals surface area contributed by atoms with Gasteiger partial charge in [-0.1, -0.05) is 30.3 Å². The van der Waals surface area contributed by atoms with Crippen molar-refractivity contribution >= 4 is 22.8 Å². The first kappa shape index (κ1) is 15.5. The number of carbonyl (C=O) groups is 1. The third kappa shape index (κ3) is 2.54. The summed E-state index contributed by atoms with van der Waals surface area (Å²) in [4.78, 5) is 44.7. The van der Waals surface area contributed by atoms with Gasteiger partial charge in [-0.3, -0.25) is 14.8 Å². The topological polar surface area (TPSA) is 131 Å². The van der Waals surface area contributed by atoms with Gasteiger partial charge >= 0.3 is 11.7 Å². The normalized spacial score (nSPS) is 10.7. The van der Waals surface area contributed by atoms with Crippen LogP contribution in [0.25, 0.3) is 22.2 Å². The number of H-pyrrole nitrogens is 2. The summed E-state index contributed by atoms with van der Waals surface area (Å²) >= 11 is 0. The van der Waals surface area contributed by atoms with E-state index in [4.69, 9.17) is 10.5 Å². The van der Waals surface area contributed by atoms with Gasteiger partial charge in [0.15, 0.2) is 0 Å². The van der Waals surface area contributed by atoms with Crippen molar-refractivity contribution in [2.75, 3.05) is 12.3 Å². The van der Waals surface area contributed by atoms with Crippen LogP contribution in [0.1, 0.15) is 17.3 Å². The van der Waals surface area contributed by atoms with Crippen molar-refractivity contribution in [3.63, 3.8) is 0 Å². The molecule has 0 aliphatic heterocycles. The smallest absolute Gasteiger partial charge is 0.342 e. The van der Waals surface area contributed by atoms with Crippen molar-refractivity contribution in [3.05, 3.63) is 56.7 Å². The minimum atomic E-state index is -0.706. The fourth-order valence-corrected chi connectivity index (χ4v) is 2.52. The maximum Gasteiger partial charge on any atom is 0.342 e. The van der Waals surface area contributed by atoms with E-state index in [0.29, 0.717) is 5.56 Å². The molecule has 0 fully saturated rings. The number of nitrogen functional groups attached to an aromatic ring is 1. The number of rotatable bonds is 3. The molecule has 0 saturated heterocycles. The van der Waals surface area contributed by atoms with Crippen LogP contribution < -0.4 is 17.0 Å². The average Bonchev–Trinajstić information content (AvgIpc) is 2.54. The largest absolute Gasteiger partial charge is 0.462 e. The van der Waals surface area contributed by atoms with E-state index in [1.807, 2.05) is 0 Å². The first-order chi connectivity index (χ1) is 11.5. The Morgan fingerprint density at radius 3 is 2.58 bits per heavy atom. The summed E-state index contributed by atoms with van der Waals surface area (Å²) in [5.41, 5.74) is 5.40. The summed E-state index contributed by atoms with van der Waals surface area (Å²) < 4.78 is 5.04. The first-order valence-corrected chi connectivity index (χ1v) is 7.21. The van der Waals surface area contributed by atoms with Gasteiger partial charge in [-0.05, 0) is 12.5 Å². The van der Waals surface area contributed by atoms with Crippen molar-refractivity contribution in [1.29, 1.82) is 0 Å². The molecule has 0 unspecified atom stereocenters. The first-order valence-electron chi connectivity index (χ1n) is 7.21. The van der Waals surface area contributed by atoms with Crippen molar-refractivity contribution in [3.8, 4) is 11.1 Å². The van der Waals surface area contributed by atoms with Gasteiger partial charge in [0.2, 0.25) is 0 Å². The molecule has 0 aliphatic carbocycles. The van der Waals surface area contributed by atoms with Crippen molar-refractivity contribution in [1.82, 2.24) is 15.0 Å². The molecule has 0 amide bonds. The van der Waals surface area contributed by atoms with Crippen LogP contribution in [0.3, 0.4) is 0 Å². The molecule has 3 aromatic rings. The van der Waals surface area contributed by atoms with E-state index in [2.05, 4.69) is 15.0 Å².